The summed E-state index contributed by atoms with van der Waals surface area (Å²) in [6.45, 7) is 8.02. The molecule has 1 saturated heterocycles. The molecule has 2 N–H and O–H groups in total. The van der Waals surface area contributed by atoms with E-state index in [9.17, 15) is 14.7 Å². The second-order valence-electron chi connectivity index (χ2n) is 7.21. The van der Waals surface area contributed by atoms with Gasteiger partial charge in [-0.2, -0.15) is 11.8 Å². The number of carbonyl (C=O) groups excluding carboxylic acids is 1. The molecule has 0 spiro atoms. The number of carboxylic acid groups (broad SMARTS) is 1. The Labute approximate surface area is 147 Å². The lowest BCUT2D eigenvalue weighted by atomic mass is 9.87. The smallest absolute Gasteiger partial charge is 0.330 e. The quantitative estimate of drug-likeness (QED) is 0.853. The minimum absolute atomic E-state index is 0.0511. The summed E-state index contributed by atoms with van der Waals surface area (Å²) in [5.74, 6) is 0.329. The minimum atomic E-state index is -1.17. The molecule has 1 aliphatic heterocycles. The van der Waals surface area contributed by atoms with Crippen LogP contribution in [-0.2, 0) is 15.0 Å². The van der Waals surface area contributed by atoms with Crippen molar-refractivity contribution in [2.45, 2.75) is 51.2 Å². The Bertz CT molecular complexity index is 600. The summed E-state index contributed by atoms with van der Waals surface area (Å²) >= 11 is 1.53. The number of benzene rings is 1. The van der Waals surface area contributed by atoms with E-state index in [1.807, 2.05) is 24.3 Å². The molecular formula is C18H25NO4S. The van der Waals surface area contributed by atoms with Gasteiger partial charge < -0.3 is 15.2 Å². The van der Waals surface area contributed by atoms with Crippen molar-refractivity contribution in [3.63, 3.8) is 0 Å². The van der Waals surface area contributed by atoms with Gasteiger partial charge in [-0.25, -0.2) is 4.79 Å². The van der Waals surface area contributed by atoms with Gasteiger partial charge in [-0.3, -0.25) is 4.79 Å². The second-order valence-corrected chi connectivity index (χ2v) is 8.32. The average Bonchev–Trinajstić information content (AvgIpc) is 2.96. The van der Waals surface area contributed by atoms with Crippen molar-refractivity contribution in [1.29, 1.82) is 0 Å². The van der Waals surface area contributed by atoms with Crippen molar-refractivity contribution in [3.05, 3.63) is 29.8 Å². The van der Waals surface area contributed by atoms with Crippen molar-refractivity contribution in [1.82, 2.24) is 5.32 Å². The molecular weight excluding hydrogens is 326 g/mol. The molecule has 1 amide bonds. The number of ether oxygens (including phenoxy) is 1. The molecule has 0 aromatic heterocycles. The highest BCUT2D eigenvalue weighted by atomic mass is 32.2. The van der Waals surface area contributed by atoms with Gasteiger partial charge in [0.2, 0.25) is 0 Å². The monoisotopic (exact) mass is 351 g/mol. The highest BCUT2D eigenvalue weighted by Crippen LogP contribution is 2.29. The second kappa shape index (κ2) is 7.05. The molecule has 5 nitrogen and oxygen atoms in total. The molecule has 1 heterocycles. The van der Waals surface area contributed by atoms with E-state index in [-0.39, 0.29) is 5.41 Å². The molecule has 1 fully saturated rings. The first-order valence-electron chi connectivity index (χ1n) is 8.04. The van der Waals surface area contributed by atoms with E-state index in [0.717, 1.165) is 5.75 Å². The average molecular weight is 351 g/mol. The van der Waals surface area contributed by atoms with E-state index in [4.69, 9.17) is 4.74 Å². The van der Waals surface area contributed by atoms with E-state index in [0.29, 0.717) is 17.9 Å². The number of nitrogens with one attached hydrogen (secondary N) is 1. The Kier molecular flexibility index (Phi) is 5.48. The zero-order valence-corrected chi connectivity index (χ0v) is 15.4. The SMILES string of the molecule is CC(Oc1ccc(C(C)(C)C)cc1)C(=O)NC1(C(=O)O)CCSC1. The van der Waals surface area contributed by atoms with Crippen LogP contribution >= 0.6 is 11.8 Å². The molecule has 0 aliphatic carbocycles. The van der Waals surface area contributed by atoms with E-state index in [2.05, 4.69) is 26.1 Å². The molecule has 24 heavy (non-hydrogen) atoms. The molecule has 1 aromatic carbocycles. The Balaban J connectivity index is 2.00. The largest absolute Gasteiger partial charge is 0.481 e. The number of aliphatic carboxylic acids is 1. The zero-order valence-electron chi connectivity index (χ0n) is 14.6. The van der Waals surface area contributed by atoms with Crippen molar-refractivity contribution < 1.29 is 19.4 Å². The summed E-state index contributed by atoms with van der Waals surface area (Å²) in [6, 6.07) is 7.63. The molecule has 1 aromatic rings. The third-order valence-electron chi connectivity index (χ3n) is 4.20. The van der Waals surface area contributed by atoms with Gasteiger partial charge in [0.25, 0.3) is 5.91 Å². The summed E-state index contributed by atoms with van der Waals surface area (Å²) in [7, 11) is 0. The van der Waals surface area contributed by atoms with Crippen LogP contribution in [-0.4, -0.2) is 40.1 Å². The van der Waals surface area contributed by atoms with Crippen LogP contribution in [0.2, 0.25) is 0 Å². The molecule has 0 bridgehead atoms. The molecule has 2 unspecified atom stereocenters. The Hall–Kier alpha value is -1.69. The van der Waals surface area contributed by atoms with Crippen LogP contribution in [0.3, 0.4) is 0 Å². The minimum Gasteiger partial charge on any atom is -0.481 e. The van der Waals surface area contributed by atoms with Gasteiger partial charge in [-0.1, -0.05) is 32.9 Å². The van der Waals surface area contributed by atoms with E-state index in [1.165, 1.54) is 17.3 Å². The maximum atomic E-state index is 12.3. The van der Waals surface area contributed by atoms with Crippen LogP contribution < -0.4 is 10.1 Å². The maximum absolute atomic E-state index is 12.3. The summed E-state index contributed by atoms with van der Waals surface area (Å²) < 4.78 is 5.67. The van der Waals surface area contributed by atoms with Crippen molar-refractivity contribution in [2.24, 2.45) is 0 Å². The van der Waals surface area contributed by atoms with Crippen LogP contribution in [0, 0.1) is 0 Å². The number of carbonyl (C=O) groups is 2. The molecule has 0 radical (unpaired) electrons. The zero-order chi connectivity index (χ0) is 18.0. The van der Waals surface area contributed by atoms with Crippen LogP contribution in [0.5, 0.6) is 5.75 Å². The summed E-state index contributed by atoms with van der Waals surface area (Å²) in [5, 5.41) is 12.1. The number of hydrogen-bond acceptors (Lipinski definition) is 4. The molecule has 0 saturated carbocycles. The Morgan fingerprint density at radius 2 is 1.92 bits per heavy atom. The van der Waals surface area contributed by atoms with Gasteiger partial charge in [-0.15, -0.1) is 0 Å². The van der Waals surface area contributed by atoms with Crippen LogP contribution in [0.1, 0.15) is 39.7 Å². The summed E-state index contributed by atoms with van der Waals surface area (Å²) in [5.41, 5.74) is 0.0603. The highest BCUT2D eigenvalue weighted by molar-refractivity contribution is 7.99. The molecule has 1 aliphatic rings. The third-order valence-corrected chi connectivity index (χ3v) is 5.39. The van der Waals surface area contributed by atoms with Gasteiger partial charge in [0, 0.05) is 5.75 Å². The van der Waals surface area contributed by atoms with Crippen LogP contribution in [0.25, 0.3) is 0 Å². The van der Waals surface area contributed by atoms with Crippen molar-refractivity contribution in [3.8, 4) is 5.75 Å². The predicted molar refractivity (Wildman–Crippen MR) is 95.7 cm³/mol. The topological polar surface area (TPSA) is 75.6 Å². The fourth-order valence-corrected chi connectivity index (χ4v) is 3.84. The van der Waals surface area contributed by atoms with Gasteiger partial charge in [0.05, 0.1) is 0 Å². The maximum Gasteiger partial charge on any atom is 0.330 e. The highest BCUT2D eigenvalue weighted by Gasteiger charge is 2.44. The lowest BCUT2D eigenvalue weighted by molar-refractivity contribution is -0.147. The van der Waals surface area contributed by atoms with Crippen LogP contribution in [0.4, 0.5) is 0 Å². The van der Waals surface area contributed by atoms with Crippen molar-refractivity contribution in [2.75, 3.05) is 11.5 Å². The van der Waals surface area contributed by atoms with Gasteiger partial charge >= 0.3 is 5.97 Å². The first-order valence-corrected chi connectivity index (χ1v) is 9.20. The molecule has 6 heteroatoms. The first-order chi connectivity index (χ1) is 11.1. The number of amides is 1. The van der Waals surface area contributed by atoms with Gasteiger partial charge in [0.15, 0.2) is 6.10 Å². The standard InChI is InChI=1S/C18H25NO4S/c1-12(15(20)19-18(16(21)22)9-10-24-11-18)23-14-7-5-13(6-8-14)17(2,3)4/h5-8,12H,9-11H2,1-4H3,(H,19,20)(H,21,22). The Morgan fingerprint density at radius 1 is 1.29 bits per heavy atom. The lowest BCUT2D eigenvalue weighted by Crippen LogP contribution is -2.57. The Morgan fingerprint density at radius 3 is 2.38 bits per heavy atom. The summed E-state index contributed by atoms with van der Waals surface area (Å²) in [6.07, 6.45) is -0.321. The number of rotatable bonds is 5. The van der Waals surface area contributed by atoms with Crippen LogP contribution in [0.15, 0.2) is 24.3 Å². The fourth-order valence-electron chi connectivity index (χ4n) is 2.51. The third kappa shape index (κ3) is 4.23. The number of thioether (sulfide) groups is 1. The van der Waals surface area contributed by atoms with Gasteiger partial charge in [0.1, 0.15) is 11.3 Å². The van der Waals surface area contributed by atoms with Crippen molar-refractivity contribution >= 4 is 23.6 Å². The number of carboxylic acids is 1. The number of hydrogen-bond donors (Lipinski definition) is 2. The first kappa shape index (κ1) is 18.6. The molecule has 2 rings (SSSR count). The lowest BCUT2D eigenvalue weighted by Gasteiger charge is -2.26. The van der Waals surface area contributed by atoms with E-state index >= 15 is 0 Å². The van der Waals surface area contributed by atoms with E-state index < -0.39 is 23.5 Å². The molecule has 2 atom stereocenters. The predicted octanol–water partition coefficient (Wildman–Crippen LogP) is 2.83. The van der Waals surface area contributed by atoms with E-state index in [1.54, 1.807) is 6.92 Å². The molecule has 132 valence electrons. The fraction of sp³-hybridized carbons (Fsp3) is 0.556. The van der Waals surface area contributed by atoms with Gasteiger partial charge in [-0.05, 0) is 42.2 Å². The normalized spacial score (nSPS) is 22.0. The summed E-state index contributed by atoms with van der Waals surface area (Å²) in [4.78, 5) is 23.8.